The van der Waals surface area contributed by atoms with E-state index >= 15 is 0 Å². The fraction of sp³-hybridized carbons (Fsp3) is 0.375. The minimum absolute atomic E-state index is 0.0795. The van der Waals surface area contributed by atoms with Gasteiger partial charge in [0.05, 0.1) is 21.3 Å². The molecule has 3 aromatic rings. The van der Waals surface area contributed by atoms with Crippen molar-refractivity contribution in [2.24, 2.45) is 5.92 Å². The van der Waals surface area contributed by atoms with Crippen molar-refractivity contribution in [2.75, 3.05) is 34.4 Å². The van der Waals surface area contributed by atoms with Gasteiger partial charge in [0, 0.05) is 30.6 Å². The monoisotopic (exact) mass is 455 g/mol. The molecule has 0 N–H and O–H groups in total. The number of rotatable bonds is 7. The van der Waals surface area contributed by atoms with E-state index in [-0.39, 0.29) is 11.7 Å². The molecule has 33 heavy (non-hydrogen) atoms. The Bertz CT molecular complexity index is 1080. The summed E-state index contributed by atoms with van der Waals surface area (Å²) in [6.45, 7) is 1.25. The summed E-state index contributed by atoms with van der Waals surface area (Å²) in [5.41, 5.74) is 1.20. The molecule has 1 amide bonds. The minimum Gasteiger partial charge on any atom is -0.493 e. The molecule has 174 valence electrons. The summed E-state index contributed by atoms with van der Waals surface area (Å²) in [7, 11) is 4.57. The third-order valence-electron chi connectivity index (χ3n) is 5.85. The normalized spacial score (nSPS) is 14.2. The molecule has 0 saturated carbocycles. The fourth-order valence-electron chi connectivity index (χ4n) is 4.03. The first kappa shape index (κ1) is 22.6. The Morgan fingerprint density at radius 3 is 2.27 bits per heavy atom. The van der Waals surface area contributed by atoms with Crippen molar-refractivity contribution in [1.82, 2.24) is 15.0 Å². The van der Waals surface area contributed by atoms with Crippen LogP contribution in [0.5, 0.6) is 17.2 Å². The van der Waals surface area contributed by atoms with Gasteiger partial charge >= 0.3 is 0 Å². The second-order valence-corrected chi connectivity index (χ2v) is 7.87. The number of piperidine rings is 1. The molecule has 0 spiro atoms. The van der Waals surface area contributed by atoms with Crippen LogP contribution >= 0.6 is 0 Å². The largest absolute Gasteiger partial charge is 0.493 e. The lowest BCUT2D eigenvalue weighted by Crippen LogP contribution is -2.39. The van der Waals surface area contributed by atoms with E-state index in [4.69, 9.17) is 18.7 Å². The van der Waals surface area contributed by atoms with Crippen molar-refractivity contribution in [2.45, 2.75) is 19.3 Å². The first-order valence-electron chi connectivity index (χ1n) is 10.7. The van der Waals surface area contributed by atoms with E-state index in [0.29, 0.717) is 65.5 Å². The van der Waals surface area contributed by atoms with Crippen molar-refractivity contribution in [1.29, 1.82) is 0 Å². The first-order valence-corrected chi connectivity index (χ1v) is 10.7. The van der Waals surface area contributed by atoms with Gasteiger partial charge in [-0.2, -0.15) is 4.98 Å². The third kappa shape index (κ3) is 4.92. The van der Waals surface area contributed by atoms with Gasteiger partial charge in [-0.15, -0.1) is 0 Å². The smallest absolute Gasteiger partial charge is 0.254 e. The molecule has 0 unspecified atom stereocenters. The van der Waals surface area contributed by atoms with Crippen LogP contribution < -0.4 is 14.2 Å². The van der Waals surface area contributed by atoms with Crippen LogP contribution in [-0.2, 0) is 6.42 Å². The summed E-state index contributed by atoms with van der Waals surface area (Å²) >= 11 is 0. The average Bonchev–Trinajstić information content (AvgIpc) is 3.31. The lowest BCUT2D eigenvalue weighted by Gasteiger charge is -2.31. The van der Waals surface area contributed by atoms with Crippen LogP contribution in [0.25, 0.3) is 11.4 Å². The number of amides is 1. The zero-order valence-electron chi connectivity index (χ0n) is 18.8. The van der Waals surface area contributed by atoms with Gasteiger partial charge in [-0.25, -0.2) is 4.39 Å². The van der Waals surface area contributed by atoms with Crippen molar-refractivity contribution in [3.63, 3.8) is 0 Å². The number of aromatic nitrogens is 2. The molecule has 2 aromatic carbocycles. The number of benzene rings is 2. The van der Waals surface area contributed by atoms with Gasteiger partial charge in [-0.3, -0.25) is 4.79 Å². The maximum atomic E-state index is 13.1. The molecule has 1 fully saturated rings. The molecule has 0 aliphatic carbocycles. The average molecular weight is 455 g/mol. The van der Waals surface area contributed by atoms with E-state index in [0.717, 1.165) is 12.8 Å². The number of carbonyl (C=O) groups excluding carboxylic acids is 1. The topological polar surface area (TPSA) is 86.9 Å². The molecule has 1 aliphatic heterocycles. The summed E-state index contributed by atoms with van der Waals surface area (Å²) in [6.07, 6.45) is 2.29. The zero-order chi connectivity index (χ0) is 23.4. The van der Waals surface area contributed by atoms with E-state index < -0.39 is 0 Å². The Kier molecular flexibility index (Phi) is 6.76. The van der Waals surface area contributed by atoms with Crippen LogP contribution in [0.1, 0.15) is 29.1 Å². The fourth-order valence-corrected chi connectivity index (χ4v) is 4.03. The number of methoxy groups -OCH3 is 3. The van der Waals surface area contributed by atoms with Crippen molar-refractivity contribution in [3.8, 4) is 28.6 Å². The molecule has 2 heterocycles. The maximum Gasteiger partial charge on any atom is 0.254 e. The van der Waals surface area contributed by atoms with Crippen LogP contribution in [0.4, 0.5) is 4.39 Å². The Morgan fingerprint density at radius 1 is 1.06 bits per heavy atom. The molecule has 9 heteroatoms. The lowest BCUT2D eigenvalue weighted by molar-refractivity contribution is 0.0686. The Hall–Kier alpha value is -3.62. The molecule has 1 aliphatic rings. The summed E-state index contributed by atoms with van der Waals surface area (Å²) < 4.78 is 34.6. The number of carbonyl (C=O) groups is 1. The van der Waals surface area contributed by atoms with Gasteiger partial charge in [0.2, 0.25) is 17.5 Å². The number of likely N-dealkylation sites (tertiary alicyclic amines) is 1. The first-order chi connectivity index (χ1) is 16.0. The zero-order valence-corrected chi connectivity index (χ0v) is 18.8. The number of nitrogens with zero attached hydrogens (tertiary/aromatic N) is 3. The van der Waals surface area contributed by atoms with Gasteiger partial charge in [0.15, 0.2) is 11.5 Å². The van der Waals surface area contributed by atoms with E-state index in [1.54, 1.807) is 24.3 Å². The van der Waals surface area contributed by atoms with Crippen LogP contribution in [0.15, 0.2) is 40.9 Å². The molecule has 8 nitrogen and oxygen atoms in total. The number of hydrogen-bond donors (Lipinski definition) is 0. The molecule has 0 radical (unpaired) electrons. The standard InChI is InChI=1S/C24H26FN3O5/c1-30-19-13-17(14-20(31-2)22(19)32-3)24(29)28-10-8-15(9-11-28)12-21-26-23(27-33-21)16-4-6-18(25)7-5-16/h4-7,13-15H,8-12H2,1-3H3. The molecule has 0 bridgehead atoms. The Labute approximate surface area is 191 Å². The highest BCUT2D eigenvalue weighted by Crippen LogP contribution is 2.38. The predicted octanol–water partition coefficient (Wildman–Crippen LogP) is 4.00. The van der Waals surface area contributed by atoms with Crippen LogP contribution in [0.3, 0.4) is 0 Å². The van der Waals surface area contributed by atoms with Gasteiger partial charge < -0.3 is 23.6 Å². The molecule has 1 aromatic heterocycles. The molecule has 0 atom stereocenters. The number of ether oxygens (including phenoxy) is 3. The quantitative estimate of drug-likeness (QED) is 0.532. The number of halogens is 1. The molecule has 4 rings (SSSR count). The van der Waals surface area contributed by atoms with Gasteiger partial charge in [0.1, 0.15) is 5.82 Å². The van der Waals surface area contributed by atoms with Crippen molar-refractivity contribution in [3.05, 3.63) is 53.7 Å². The van der Waals surface area contributed by atoms with Gasteiger partial charge in [-0.05, 0) is 55.2 Å². The SMILES string of the molecule is COc1cc(C(=O)N2CCC(Cc3nc(-c4ccc(F)cc4)no3)CC2)cc(OC)c1OC. The summed E-state index contributed by atoms with van der Waals surface area (Å²) in [5, 5.41) is 4.00. The van der Waals surface area contributed by atoms with Gasteiger partial charge in [0.25, 0.3) is 5.91 Å². The molecular formula is C24H26FN3O5. The second kappa shape index (κ2) is 9.89. The van der Waals surface area contributed by atoms with Crippen LogP contribution in [0.2, 0.25) is 0 Å². The number of hydrogen-bond acceptors (Lipinski definition) is 7. The summed E-state index contributed by atoms with van der Waals surface area (Å²) in [5.74, 6) is 2.28. The molecule has 1 saturated heterocycles. The highest BCUT2D eigenvalue weighted by atomic mass is 19.1. The van der Waals surface area contributed by atoms with E-state index in [9.17, 15) is 9.18 Å². The van der Waals surface area contributed by atoms with E-state index in [2.05, 4.69) is 10.1 Å². The second-order valence-electron chi connectivity index (χ2n) is 7.87. The third-order valence-corrected chi connectivity index (χ3v) is 5.85. The summed E-state index contributed by atoms with van der Waals surface area (Å²) in [4.78, 5) is 19.4. The van der Waals surface area contributed by atoms with Crippen LogP contribution in [-0.4, -0.2) is 55.4 Å². The predicted molar refractivity (Wildman–Crippen MR) is 118 cm³/mol. The lowest BCUT2D eigenvalue weighted by atomic mass is 9.93. The van der Waals surface area contributed by atoms with E-state index in [1.165, 1.54) is 33.5 Å². The van der Waals surface area contributed by atoms with Crippen LogP contribution in [0, 0.1) is 11.7 Å². The maximum absolute atomic E-state index is 13.1. The Morgan fingerprint density at radius 2 is 1.70 bits per heavy atom. The highest BCUT2D eigenvalue weighted by Gasteiger charge is 2.27. The minimum atomic E-state index is -0.310. The Balaban J connectivity index is 1.37. The van der Waals surface area contributed by atoms with Crippen molar-refractivity contribution >= 4 is 5.91 Å². The summed E-state index contributed by atoms with van der Waals surface area (Å²) in [6, 6.07) is 9.32. The van der Waals surface area contributed by atoms with Gasteiger partial charge in [-0.1, -0.05) is 5.16 Å². The van der Waals surface area contributed by atoms with Crippen molar-refractivity contribution < 1.29 is 27.9 Å². The highest BCUT2D eigenvalue weighted by molar-refractivity contribution is 5.95. The van der Waals surface area contributed by atoms with E-state index in [1.807, 2.05) is 4.90 Å². The molecular weight excluding hydrogens is 429 g/mol.